The molecule has 1 atom stereocenters. The Balaban J connectivity index is 1.81. The van der Waals surface area contributed by atoms with Gasteiger partial charge in [-0.2, -0.15) is 5.10 Å². The summed E-state index contributed by atoms with van der Waals surface area (Å²) in [5.74, 6) is -1.33. The van der Waals surface area contributed by atoms with Gasteiger partial charge < -0.3 is 10.1 Å². The number of hydrazone groups is 1. The van der Waals surface area contributed by atoms with Crippen molar-refractivity contribution >= 4 is 23.5 Å². The van der Waals surface area contributed by atoms with E-state index >= 15 is 0 Å². The van der Waals surface area contributed by atoms with E-state index in [0.717, 1.165) is 11.1 Å². The summed E-state index contributed by atoms with van der Waals surface area (Å²) in [5.41, 5.74) is 4.43. The first kappa shape index (κ1) is 16.7. The molecule has 23 heavy (non-hydrogen) atoms. The lowest BCUT2D eigenvalue weighted by Crippen LogP contribution is -2.38. The quantitative estimate of drug-likeness (QED) is 0.785. The molecule has 0 radical (unpaired) electrons. The van der Waals surface area contributed by atoms with Crippen molar-refractivity contribution in [1.29, 1.82) is 0 Å². The van der Waals surface area contributed by atoms with Crippen LogP contribution in [0.2, 0.25) is 0 Å². The van der Waals surface area contributed by atoms with Crippen molar-refractivity contribution < 1.29 is 19.1 Å². The number of nitrogens with one attached hydrogen (secondary N) is 2. The number of hydrogen-bond donors (Lipinski definition) is 2. The lowest BCUT2D eigenvalue weighted by Gasteiger charge is -2.16. The smallest absolute Gasteiger partial charge is 0.355 e. The van der Waals surface area contributed by atoms with E-state index in [1.807, 2.05) is 31.2 Å². The molecule has 0 fully saturated rings. The topological polar surface area (TPSA) is 96.9 Å². The maximum Gasteiger partial charge on any atom is 0.355 e. The number of carbonyl (C=O) groups excluding carboxylic acids is 3. The molecule has 0 bridgehead atoms. The van der Waals surface area contributed by atoms with Crippen molar-refractivity contribution in [3.8, 4) is 0 Å². The largest absolute Gasteiger partial charge is 0.448 e. The molecule has 1 aromatic rings. The Morgan fingerprint density at radius 3 is 2.61 bits per heavy atom. The Morgan fingerprint density at radius 1 is 1.30 bits per heavy atom. The first-order chi connectivity index (χ1) is 11.0. The molecule has 0 saturated heterocycles. The van der Waals surface area contributed by atoms with E-state index in [4.69, 9.17) is 4.74 Å². The van der Waals surface area contributed by atoms with Crippen molar-refractivity contribution in [3.63, 3.8) is 0 Å². The van der Waals surface area contributed by atoms with Crippen LogP contribution in [-0.4, -0.2) is 29.6 Å². The molecule has 0 aliphatic carbocycles. The minimum absolute atomic E-state index is 0.114. The first-order valence-electron chi connectivity index (χ1n) is 7.35. The number of rotatable bonds is 5. The fourth-order valence-electron chi connectivity index (χ4n) is 1.94. The molecule has 122 valence electrons. The second-order valence-corrected chi connectivity index (χ2v) is 5.34. The molecule has 1 aliphatic heterocycles. The predicted molar refractivity (Wildman–Crippen MR) is 83.4 cm³/mol. The standard InChI is InChI=1S/C16H19N3O4/c1-10-3-5-12(6-4-10)9-17-15(21)11(2)23-16(22)13-7-8-14(20)19-18-13/h3-6,11H,7-9H2,1-2H3,(H,17,21)(H,19,20)/t11-/m0/s1. The van der Waals surface area contributed by atoms with Gasteiger partial charge in [0.25, 0.3) is 5.91 Å². The Labute approximate surface area is 134 Å². The summed E-state index contributed by atoms with van der Waals surface area (Å²) in [4.78, 5) is 34.8. The van der Waals surface area contributed by atoms with Gasteiger partial charge in [-0.3, -0.25) is 9.59 Å². The number of hydrogen-bond acceptors (Lipinski definition) is 5. The second kappa shape index (κ2) is 7.53. The van der Waals surface area contributed by atoms with E-state index in [-0.39, 0.29) is 30.4 Å². The number of nitrogens with zero attached hydrogens (tertiary/aromatic N) is 1. The molecule has 0 unspecified atom stereocenters. The van der Waals surface area contributed by atoms with E-state index in [1.165, 1.54) is 6.92 Å². The zero-order valence-electron chi connectivity index (χ0n) is 13.1. The molecular weight excluding hydrogens is 298 g/mol. The highest BCUT2D eigenvalue weighted by molar-refractivity contribution is 6.37. The number of esters is 1. The molecule has 0 aromatic heterocycles. The van der Waals surface area contributed by atoms with Gasteiger partial charge in [0.1, 0.15) is 5.71 Å². The number of aryl methyl sites for hydroxylation is 1. The molecule has 0 spiro atoms. The third-order valence-electron chi connectivity index (χ3n) is 3.38. The molecule has 7 heteroatoms. The fraction of sp³-hybridized carbons (Fsp3) is 0.375. The molecule has 2 N–H and O–H groups in total. The minimum Gasteiger partial charge on any atom is -0.448 e. The van der Waals surface area contributed by atoms with Crippen molar-refractivity contribution in [1.82, 2.24) is 10.7 Å². The van der Waals surface area contributed by atoms with E-state index in [1.54, 1.807) is 0 Å². The van der Waals surface area contributed by atoms with Crippen LogP contribution >= 0.6 is 0 Å². The zero-order valence-corrected chi connectivity index (χ0v) is 13.1. The third kappa shape index (κ3) is 4.91. The second-order valence-electron chi connectivity index (χ2n) is 5.34. The molecule has 1 heterocycles. The lowest BCUT2D eigenvalue weighted by atomic mass is 10.1. The Kier molecular flexibility index (Phi) is 5.46. The highest BCUT2D eigenvalue weighted by Crippen LogP contribution is 2.05. The van der Waals surface area contributed by atoms with Gasteiger partial charge in [0, 0.05) is 19.4 Å². The van der Waals surface area contributed by atoms with Gasteiger partial charge in [-0.05, 0) is 19.4 Å². The van der Waals surface area contributed by atoms with Gasteiger partial charge in [0.15, 0.2) is 6.10 Å². The molecule has 2 amide bonds. The van der Waals surface area contributed by atoms with Gasteiger partial charge >= 0.3 is 5.97 Å². The summed E-state index contributed by atoms with van der Waals surface area (Å²) in [6.07, 6.45) is -0.544. The number of ether oxygens (including phenoxy) is 1. The molecule has 1 aliphatic rings. The highest BCUT2D eigenvalue weighted by atomic mass is 16.5. The maximum atomic E-state index is 12.0. The summed E-state index contributed by atoms with van der Waals surface area (Å²) in [7, 11) is 0. The Morgan fingerprint density at radius 2 is 2.00 bits per heavy atom. The van der Waals surface area contributed by atoms with Gasteiger partial charge in [-0.15, -0.1) is 0 Å². The van der Waals surface area contributed by atoms with E-state index in [2.05, 4.69) is 15.8 Å². The normalized spacial score (nSPS) is 15.2. The van der Waals surface area contributed by atoms with E-state index in [0.29, 0.717) is 6.54 Å². The summed E-state index contributed by atoms with van der Waals surface area (Å²) in [6.45, 7) is 3.84. The van der Waals surface area contributed by atoms with Crippen LogP contribution in [0, 0.1) is 6.92 Å². The number of amides is 2. The summed E-state index contributed by atoms with van der Waals surface area (Å²) in [5, 5.41) is 6.34. The van der Waals surface area contributed by atoms with Crippen LogP contribution < -0.4 is 10.7 Å². The predicted octanol–water partition coefficient (Wildman–Crippen LogP) is 0.809. The summed E-state index contributed by atoms with van der Waals surface area (Å²) < 4.78 is 5.06. The number of carbonyl (C=O) groups is 3. The van der Waals surface area contributed by atoms with Crippen LogP contribution in [0.1, 0.15) is 30.9 Å². The van der Waals surface area contributed by atoms with Gasteiger partial charge in [-0.25, -0.2) is 10.2 Å². The van der Waals surface area contributed by atoms with E-state index in [9.17, 15) is 14.4 Å². The monoisotopic (exact) mass is 317 g/mol. The molecule has 2 rings (SSSR count). The van der Waals surface area contributed by atoms with Crippen LogP contribution in [-0.2, 0) is 25.7 Å². The van der Waals surface area contributed by atoms with Crippen LogP contribution in [0.25, 0.3) is 0 Å². The van der Waals surface area contributed by atoms with Crippen LogP contribution in [0.15, 0.2) is 29.4 Å². The first-order valence-corrected chi connectivity index (χ1v) is 7.35. The average Bonchev–Trinajstić information content (AvgIpc) is 2.54. The van der Waals surface area contributed by atoms with Gasteiger partial charge in [-0.1, -0.05) is 29.8 Å². The van der Waals surface area contributed by atoms with Crippen LogP contribution in [0.5, 0.6) is 0 Å². The Bertz CT molecular complexity index is 637. The van der Waals surface area contributed by atoms with Gasteiger partial charge in [0.05, 0.1) is 0 Å². The van der Waals surface area contributed by atoms with Crippen LogP contribution in [0.4, 0.5) is 0 Å². The van der Waals surface area contributed by atoms with Crippen molar-refractivity contribution in [2.24, 2.45) is 5.10 Å². The minimum atomic E-state index is -0.937. The SMILES string of the molecule is Cc1ccc(CNC(=O)[C@H](C)OC(=O)C2=NNC(=O)CC2)cc1. The lowest BCUT2D eigenvalue weighted by molar-refractivity contribution is -0.148. The molecule has 1 aromatic carbocycles. The average molecular weight is 317 g/mol. The Hall–Kier alpha value is -2.70. The molecule has 7 nitrogen and oxygen atoms in total. The highest BCUT2D eigenvalue weighted by Gasteiger charge is 2.24. The fourth-order valence-corrected chi connectivity index (χ4v) is 1.94. The third-order valence-corrected chi connectivity index (χ3v) is 3.38. The van der Waals surface area contributed by atoms with Gasteiger partial charge in [0.2, 0.25) is 5.91 Å². The van der Waals surface area contributed by atoms with Crippen LogP contribution in [0.3, 0.4) is 0 Å². The summed E-state index contributed by atoms with van der Waals surface area (Å²) >= 11 is 0. The van der Waals surface area contributed by atoms with Crippen molar-refractivity contribution in [2.45, 2.75) is 39.3 Å². The maximum absolute atomic E-state index is 12.0. The van der Waals surface area contributed by atoms with Crippen molar-refractivity contribution in [2.75, 3.05) is 0 Å². The zero-order chi connectivity index (χ0) is 16.8. The summed E-state index contributed by atoms with van der Waals surface area (Å²) in [6, 6.07) is 7.76. The molecular formula is C16H19N3O4. The van der Waals surface area contributed by atoms with Crippen molar-refractivity contribution in [3.05, 3.63) is 35.4 Å². The number of benzene rings is 1. The van der Waals surface area contributed by atoms with E-state index < -0.39 is 12.1 Å². The molecule has 0 saturated carbocycles.